The predicted molar refractivity (Wildman–Crippen MR) is 102 cm³/mol. The van der Waals surface area contributed by atoms with Crippen LogP contribution >= 0.6 is 0 Å². The summed E-state index contributed by atoms with van der Waals surface area (Å²) in [5, 5.41) is 7.98. The lowest BCUT2D eigenvalue weighted by Gasteiger charge is -2.06. The van der Waals surface area contributed by atoms with Crippen molar-refractivity contribution < 1.29 is 38.1 Å². The van der Waals surface area contributed by atoms with Crippen LogP contribution in [0.1, 0.15) is 41.4 Å². The van der Waals surface area contributed by atoms with Gasteiger partial charge in [0, 0.05) is 0 Å². The topological polar surface area (TPSA) is 130 Å². The average Bonchev–Trinajstić information content (AvgIpc) is 2.79. The fraction of sp³-hybridized carbons (Fsp3) is 0.200. The van der Waals surface area contributed by atoms with Gasteiger partial charge in [-0.25, -0.2) is 19.2 Å². The number of methoxy groups -OCH3 is 4. The molecule has 0 fully saturated rings. The number of ether oxygens (including phenoxy) is 4. The lowest BCUT2D eigenvalue weighted by atomic mass is 10.1. The van der Waals surface area contributed by atoms with Crippen LogP contribution in [-0.4, -0.2) is 52.3 Å². The van der Waals surface area contributed by atoms with Crippen LogP contribution in [-0.2, 0) is 18.9 Å². The standard InChI is InChI=1S/C20H18N2O8/c1-27-17(23)11-5-12(18(24)28-2)8-15(7-11)21-22-16-9-13(19(25)29-3)6-14(10-16)20(26)30-4/h5-10H,1-4H3. The van der Waals surface area contributed by atoms with E-state index >= 15 is 0 Å². The fourth-order valence-corrected chi connectivity index (χ4v) is 2.40. The normalized spacial score (nSPS) is 10.4. The highest BCUT2D eigenvalue weighted by atomic mass is 16.5. The van der Waals surface area contributed by atoms with E-state index in [4.69, 9.17) is 0 Å². The molecule has 2 aromatic carbocycles. The summed E-state index contributed by atoms with van der Waals surface area (Å²) in [4.78, 5) is 47.4. The Balaban J connectivity index is 2.52. The average molecular weight is 414 g/mol. The first kappa shape index (κ1) is 22.2. The number of rotatable bonds is 6. The minimum Gasteiger partial charge on any atom is -0.465 e. The van der Waals surface area contributed by atoms with Gasteiger partial charge in [-0.3, -0.25) is 0 Å². The molecule has 0 saturated carbocycles. The van der Waals surface area contributed by atoms with E-state index in [0.29, 0.717) is 0 Å². The Morgan fingerprint density at radius 2 is 0.733 bits per heavy atom. The Labute approximate surface area is 171 Å². The van der Waals surface area contributed by atoms with E-state index in [2.05, 4.69) is 29.2 Å². The molecule has 0 aliphatic rings. The molecule has 30 heavy (non-hydrogen) atoms. The van der Waals surface area contributed by atoms with Gasteiger partial charge in [-0.1, -0.05) is 0 Å². The van der Waals surface area contributed by atoms with Gasteiger partial charge in [-0.2, -0.15) is 10.2 Å². The second kappa shape index (κ2) is 9.92. The molecule has 0 spiro atoms. The smallest absolute Gasteiger partial charge is 0.337 e. The summed E-state index contributed by atoms with van der Waals surface area (Å²) in [7, 11) is 4.78. The summed E-state index contributed by atoms with van der Waals surface area (Å²) in [5.41, 5.74) is 0.532. The molecule has 0 aliphatic heterocycles. The largest absolute Gasteiger partial charge is 0.465 e. The number of carbonyl (C=O) groups is 4. The van der Waals surface area contributed by atoms with Crippen LogP contribution in [0.4, 0.5) is 11.4 Å². The van der Waals surface area contributed by atoms with Crippen LogP contribution in [0.5, 0.6) is 0 Å². The third kappa shape index (κ3) is 5.25. The summed E-state index contributed by atoms with van der Waals surface area (Å²) in [5.74, 6) is -2.73. The van der Waals surface area contributed by atoms with Gasteiger partial charge in [0.1, 0.15) is 0 Å². The van der Waals surface area contributed by atoms with Crippen LogP contribution in [0.3, 0.4) is 0 Å². The Bertz CT molecular complexity index is 879. The number of hydrogen-bond donors (Lipinski definition) is 0. The maximum absolute atomic E-state index is 11.9. The van der Waals surface area contributed by atoms with E-state index in [0.717, 1.165) is 0 Å². The second-order valence-electron chi connectivity index (χ2n) is 5.70. The van der Waals surface area contributed by atoms with E-state index in [1.165, 1.54) is 64.8 Å². The summed E-state index contributed by atoms with van der Waals surface area (Å²) in [6.45, 7) is 0. The highest BCUT2D eigenvalue weighted by Gasteiger charge is 2.15. The van der Waals surface area contributed by atoms with Gasteiger partial charge in [0.2, 0.25) is 0 Å². The lowest BCUT2D eigenvalue weighted by molar-refractivity contribution is 0.0581. The van der Waals surface area contributed by atoms with Gasteiger partial charge in [0.15, 0.2) is 0 Å². The molecule has 2 rings (SSSR count). The SMILES string of the molecule is COC(=O)c1cc(N=Nc2cc(C(=O)OC)cc(C(=O)OC)c2)cc(C(=O)OC)c1. The van der Waals surface area contributed by atoms with Crippen LogP contribution in [0.15, 0.2) is 46.6 Å². The van der Waals surface area contributed by atoms with Gasteiger partial charge in [-0.15, -0.1) is 0 Å². The van der Waals surface area contributed by atoms with Crippen molar-refractivity contribution in [1.29, 1.82) is 0 Å². The minimum absolute atomic E-state index is 0.0629. The van der Waals surface area contributed by atoms with Gasteiger partial charge in [0.05, 0.1) is 62.1 Å². The molecule has 10 nitrogen and oxygen atoms in total. The van der Waals surface area contributed by atoms with Crippen molar-refractivity contribution in [3.05, 3.63) is 58.7 Å². The van der Waals surface area contributed by atoms with Gasteiger partial charge in [-0.05, 0) is 36.4 Å². The Kier molecular flexibility index (Phi) is 7.34. The molecule has 0 unspecified atom stereocenters. The van der Waals surface area contributed by atoms with E-state index in [-0.39, 0.29) is 33.6 Å². The van der Waals surface area contributed by atoms with Crippen molar-refractivity contribution in [1.82, 2.24) is 0 Å². The molecule has 156 valence electrons. The Hall–Kier alpha value is -4.08. The molecule has 0 N–H and O–H groups in total. The van der Waals surface area contributed by atoms with Gasteiger partial charge >= 0.3 is 23.9 Å². The van der Waals surface area contributed by atoms with Gasteiger partial charge < -0.3 is 18.9 Å². The maximum atomic E-state index is 11.9. The van der Waals surface area contributed by atoms with Crippen LogP contribution in [0, 0.1) is 0 Å². The van der Waals surface area contributed by atoms with Crippen molar-refractivity contribution in [3.63, 3.8) is 0 Å². The molecule has 0 amide bonds. The summed E-state index contributed by atoms with van der Waals surface area (Å²) < 4.78 is 18.7. The summed E-state index contributed by atoms with van der Waals surface area (Å²) in [6, 6.07) is 8.01. The third-order valence-corrected chi connectivity index (χ3v) is 3.80. The molecule has 10 heteroatoms. The molecule has 0 saturated heterocycles. The maximum Gasteiger partial charge on any atom is 0.337 e. The first-order valence-corrected chi connectivity index (χ1v) is 8.38. The lowest BCUT2D eigenvalue weighted by Crippen LogP contribution is -2.06. The number of esters is 4. The number of carbonyl (C=O) groups excluding carboxylic acids is 4. The summed E-state index contributed by atoms with van der Waals surface area (Å²) >= 11 is 0. The van der Waals surface area contributed by atoms with Crippen molar-refractivity contribution in [2.75, 3.05) is 28.4 Å². The van der Waals surface area contributed by atoms with Crippen LogP contribution in [0.2, 0.25) is 0 Å². The first-order chi connectivity index (χ1) is 14.3. The first-order valence-electron chi connectivity index (χ1n) is 8.38. The predicted octanol–water partition coefficient (Wildman–Crippen LogP) is 3.25. The van der Waals surface area contributed by atoms with Crippen LogP contribution in [0.25, 0.3) is 0 Å². The Morgan fingerprint density at radius 3 is 0.933 bits per heavy atom. The zero-order chi connectivity index (χ0) is 22.3. The van der Waals surface area contributed by atoms with Gasteiger partial charge in [0.25, 0.3) is 0 Å². The number of azo groups is 1. The highest BCUT2D eigenvalue weighted by molar-refractivity contribution is 5.97. The molecule has 2 aromatic rings. The molecular weight excluding hydrogens is 396 g/mol. The van der Waals surface area contributed by atoms with E-state index < -0.39 is 23.9 Å². The fourth-order valence-electron chi connectivity index (χ4n) is 2.40. The van der Waals surface area contributed by atoms with Crippen molar-refractivity contribution in [2.24, 2.45) is 10.2 Å². The number of nitrogens with zero attached hydrogens (tertiary/aromatic N) is 2. The molecular formula is C20H18N2O8. The number of hydrogen-bond acceptors (Lipinski definition) is 10. The second-order valence-corrected chi connectivity index (χ2v) is 5.70. The quantitative estimate of drug-likeness (QED) is 0.400. The molecule has 0 heterocycles. The highest BCUT2D eigenvalue weighted by Crippen LogP contribution is 2.25. The van der Waals surface area contributed by atoms with Crippen molar-refractivity contribution >= 4 is 35.3 Å². The third-order valence-electron chi connectivity index (χ3n) is 3.80. The van der Waals surface area contributed by atoms with Crippen molar-refractivity contribution in [2.45, 2.75) is 0 Å². The van der Waals surface area contributed by atoms with Crippen LogP contribution < -0.4 is 0 Å². The molecule has 0 atom stereocenters. The number of benzene rings is 2. The zero-order valence-electron chi connectivity index (χ0n) is 16.6. The Morgan fingerprint density at radius 1 is 0.500 bits per heavy atom. The minimum atomic E-state index is -0.683. The van der Waals surface area contributed by atoms with E-state index in [1.807, 2.05) is 0 Å². The monoisotopic (exact) mass is 414 g/mol. The molecule has 0 radical (unpaired) electrons. The van der Waals surface area contributed by atoms with E-state index in [1.54, 1.807) is 0 Å². The molecule has 0 aliphatic carbocycles. The van der Waals surface area contributed by atoms with Crippen molar-refractivity contribution in [3.8, 4) is 0 Å². The van der Waals surface area contributed by atoms with E-state index in [9.17, 15) is 19.2 Å². The summed E-state index contributed by atoms with van der Waals surface area (Å²) in [6.07, 6.45) is 0. The zero-order valence-corrected chi connectivity index (χ0v) is 16.6. The molecule has 0 bridgehead atoms. The molecule has 0 aromatic heterocycles.